The van der Waals surface area contributed by atoms with Gasteiger partial charge in [-0.15, -0.1) is 11.8 Å². The zero-order chi connectivity index (χ0) is 4.50. The summed E-state index contributed by atoms with van der Waals surface area (Å²) >= 11 is 3.60. The topological polar surface area (TPSA) is 72.1 Å². The van der Waals surface area contributed by atoms with E-state index in [0.717, 1.165) is 0 Å². The van der Waals surface area contributed by atoms with E-state index in [4.69, 9.17) is 0 Å². The van der Waals surface area contributed by atoms with Gasteiger partial charge in [-0.2, -0.15) is 6.64 Å². The molecule has 0 fully saturated rings. The molecule has 3 nitrogen and oxygen atoms in total. The molecular weight excluding hydrogens is 109 g/mol. The number of hydrogen-bond donors (Lipinski definition) is 1. The summed E-state index contributed by atoms with van der Waals surface area (Å²) in [5, 5.41) is 0. The van der Waals surface area contributed by atoms with Crippen molar-refractivity contribution in [3.05, 3.63) is 0 Å². The molecule has 0 saturated carbocycles. The SMILES string of the molecule is NP([O-])([O-])=S. The molecule has 0 saturated heterocycles. The molecule has 0 spiro atoms. The number of rotatable bonds is 0. The maximum Gasteiger partial charge on any atom is -0.116 e. The molecule has 32 valence electrons. The van der Waals surface area contributed by atoms with Crippen LogP contribution in [-0.2, 0) is 11.8 Å². The summed E-state index contributed by atoms with van der Waals surface area (Å²) in [6, 6.07) is 0. The van der Waals surface area contributed by atoms with E-state index in [1.807, 2.05) is 0 Å². The molecule has 5 heteroatoms. The standard InChI is InChI=1S/H4NO2PS/c1-4(2,3)5/h(H4,1,2,3,5)/p-2. The van der Waals surface area contributed by atoms with E-state index in [-0.39, 0.29) is 0 Å². The summed E-state index contributed by atoms with van der Waals surface area (Å²) in [5.41, 5.74) is 4.17. The molecule has 0 unspecified atom stereocenters. The third-order valence-electron chi connectivity index (χ3n) is 0. The molecule has 0 aliphatic carbocycles. The molecule has 0 aromatic heterocycles. The minimum atomic E-state index is -3.81. The van der Waals surface area contributed by atoms with Gasteiger partial charge < -0.3 is 15.3 Å². The summed E-state index contributed by atoms with van der Waals surface area (Å²) in [4.78, 5) is 18.5. The summed E-state index contributed by atoms with van der Waals surface area (Å²) < 4.78 is 0. The predicted octanol–water partition coefficient (Wildman–Crippen LogP) is -2.11. The molecule has 0 aliphatic heterocycles. The predicted molar refractivity (Wildman–Crippen MR) is 18.5 cm³/mol. The molecule has 0 aliphatic rings. The van der Waals surface area contributed by atoms with Gasteiger partial charge in [0.25, 0.3) is 0 Å². The Morgan fingerprint density at radius 1 is 1.60 bits per heavy atom. The van der Waals surface area contributed by atoms with E-state index in [0.29, 0.717) is 0 Å². The van der Waals surface area contributed by atoms with E-state index < -0.39 is 6.64 Å². The van der Waals surface area contributed by atoms with Gasteiger partial charge in [-0.1, -0.05) is 0 Å². The van der Waals surface area contributed by atoms with Gasteiger partial charge in [-0.25, -0.2) is 0 Å². The van der Waals surface area contributed by atoms with Crippen molar-refractivity contribution in [2.45, 2.75) is 0 Å². The van der Waals surface area contributed by atoms with Gasteiger partial charge in [0.05, 0.1) is 0 Å². The van der Waals surface area contributed by atoms with Crippen LogP contribution in [0.15, 0.2) is 0 Å². The molecule has 0 atom stereocenters. The Morgan fingerprint density at radius 2 is 1.60 bits per heavy atom. The van der Waals surface area contributed by atoms with E-state index in [1.165, 1.54) is 0 Å². The first-order valence-electron chi connectivity index (χ1n) is 0.806. The van der Waals surface area contributed by atoms with Crippen LogP contribution in [0.25, 0.3) is 0 Å². The quantitative estimate of drug-likeness (QED) is 0.363. The van der Waals surface area contributed by atoms with Gasteiger partial charge in [0.2, 0.25) is 0 Å². The van der Waals surface area contributed by atoms with Crippen molar-refractivity contribution >= 4 is 18.4 Å². The Balaban J connectivity index is 3.47. The average molecular weight is 111 g/mol. The van der Waals surface area contributed by atoms with Crippen LogP contribution in [0, 0.1) is 0 Å². The summed E-state index contributed by atoms with van der Waals surface area (Å²) in [6.45, 7) is -3.81. The van der Waals surface area contributed by atoms with Crippen molar-refractivity contribution < 1.29 is 9.79 Å². The lowest BCUT2D eigenvalue weighted by Gasteiger charge is -2.27. The van der Waals surface area contributed by atoms with Crippen molar-refractivity contribution in [2.24, 2.45) is 5.50 Å². The first-order valence-corrected chi connectivity index (χ1v) is 3.51. The Labute approximate surface area is 34.7 Å². The van der Waals surface area contributed by atoms with Gasteiger partial charge in [-0.3, -0.25) is 0 Å². The monoisotopic (exact) mass is 111 g/mol. The highest BCUT2D eigenvalue weighted by molar-refractivity contribution is 8.06. The fourth-order valence-electron chi connectivity index (χ4n) is 0. The molecule has 0 heterocycles. The normalized spacial score (nSPS) is 11.8. The van der Waals surface area contributed by atoms with E-state index in [1.54, 1.807) is 0 Å². The average Bonchev–Trinajstić information content (AvgIpc) is 0.722. The maximum absolute atomic E-state index is 9.25. The molecule has 0 bridgehead atoms. The van der Waals surface area contributed by atoms with Gasteiger partial charge in [0.1, 0.15) is 0 Å². The van der Waals surface area contributed by atoms with Crippen molar-refractivity contribution in [3.8, 4) is 0 Å². The van der Waals surface area contributed by atoms with E-state index in [9.17, 15) is 9.79 Å². The number of nitrogens with two attached hydrogens (primary N) is 1. The van der Waals surface area contributed by atoms with Crippen molar-refractivity contribution in [2.75, 3.05) is 0 Å². The molecule has 0 radical (unpaired) electrons. The fraction of sp³-hybridized carbons (Fsp3) is 0. The Hall–Kier alpha value is 0.530. The van der Waals surface area contributed by atoms with Gasteiger partial charge in [0, 0.05) is 0 Å². The first kappa shape index (κ1) is 5.53. The van der Waals surface area contributed by atoms with Crippen LogP contribution < -0.4 is 15.3 Å². The second-order valence-corrected chi connectivity index (χ2v) is 3.15. The van der Waals surface area contributed by atoms with Crippen LogP contribution in [0.2, 0.25) is 0 Å². The lowest BCUT2D eigenvalue weighted by Crippen LogP contribution is -2.20. The van der Waals surface area contributed by atoms with Crippen LogP contribution in [-0.4, -0.2) is 0 Å². The van der Waals surface area contributed by atoms with Gasteiger partial charge >= 0.3 is 0 Å². The Morgan fingerprint density at radius 3 is 1.60 bits per heavy atom. The minimum absolute atomic E-state index is 3.60. The van der Waals surface area contributed by atoms with Crippen LogP contribution in [0.4, 0.5) is 0 Å². The van der Waals surface area contributed by atoms with Gasteiger partial charge in [0.15, 0.2) is 0 Å². The molecule has 0 rings (SSSR count). The smallest absolute Gasteiger partial charge is 0.116 e. The van der Waals surface area contributed by atoms with Gasteiger partial charge in [-0.05, 0) is 0 Å². The third kappa shape index (κ3) is 103. The second-order valence-electron chi connectivity index (χ2n) is 0.540. The van der Waals surface area contributed by atoms with E-state index in [2.05, 4.69) is 17.3 Å². The van der Waals surface area contributed by atoms with Crippen molar-refractivity contribution in [1.29, 1.82) is 0 Å². The molecule has 0 aromatic carbocycles. The zero-order valence-electron chi connectivity index (χ0n) is 2.25. The highest BCUT2D eigenvalue weighted by Crippen LogP contribution is 2.05. The lowest BCUT2D eigenvalue weighted by molar-refractivity contribution is -0.295. The Bertz CT molecular complexity index is 55.8. The summed E-state index contributed by atoms with van der Waals surface area (Å²) in [7, 11) is 0. The Kier molecular flexibility index (Phi) is 1.46. The molecule has 5 heavy (non-hydrogen) atoms. The molecule has 0 amide bonds. The maximum atomic E-state index is 9.25. The molecule has 2 N–H and O–H groups in total. The van der Waals surface area contributed by atoms with E-state index >= 15 is 0 Å². The molecule has 0 aromatic rings. The first-order chi connectivity index (χ1) is 2.00. The second kappa shape index (κ2) is 1.32. The minimum Gasteiger partial charge on any atom is -0.822 e. The van der Waals surface area contributed by atoms with Crippen LogP contribution in [0.5, 0.6) is 0 Å². The highest BCUT2D eigenvalue weighted by Gasteiger charge is 1.53. The lowest BCUT2D eigenvalue weighted by atomic mass is 13.9. The molecular formula is H2NO2PS-2. The fourth-order valence-corrected chi connectivity index (χ4v) is 0. The van der Waals surface area contributed by atoms with Crippen molar-refractivity contribution in [1.82, 2.24) is 0 Å². The number of hydrogen-bond acceptors (Lipinski definition) is 3. The summed E-state index contributed by atoms with van der Waals surface area (Å²) in [6.07, 6.45) is 0. The van der Waals surface area contributed by atoms with Crippen LogP contribution in [0.1, 0.15) is 0 Å². The van der Waals surface area contributed by atoms with Crippen LogP contribution in [0.3, 0.4) is 0 Å². The summed E-state index contributed by atoms with van der Waals surface area (Å²) in [5.74, 6) is 0. The third-order valence-corrected chi connectivity index (χ3v) is 0. The van der Waals surface area contributed by atoms with Crippen molar-refractivity contribution in [3.63, 3.8) is 0 Å². The zero-order valence-corrected chi connectivity index (χ0v) is 3.96. The largest absolute Gasteiger partial charge is 0.822 e. The highest BCUT2D eigenvalue weighted by atomic mass is 32.5. The van der Waals surface area contributed by atoms with Crippen LogP contribution >= 0.6 is 6.64 Å².